The summed E-state index contributed by atoms with van der Waals surface area (Å²) in [7, 11) is 12.3. The van der Waals surface area contributed by atoms with Crippen LogP contribution in [0.4, 0.5) is 108 Å². The van der Waals surface area contributed by atoms with E-state index in [0.717, 1.165) is 57.1 Å². The number of aromatic nitrogens is 2. The normalized spacial score (nSPS) is 14.4. The summed E-state index contributed by atoms with van der Waals surface area (Å²) in [6.45, 7) is 20.0. The number of pyridine rings is 2. The Balaban J connectivity index is 0.000000126. The van der Waals surface area contributed by atoms with Gasteiger partial charge in [0.05, 0.1) is 12.3 Å². The number of hydrogen-bond donors (Lipinski definition) is 0. The number of fused-ring (bicyclic) bond motifs is 6. The smallest absolute Gasteiger partial charge is 0.124 e. The number of nitrogens with zero attached hydrogens (tertiary/aromatic N) is 15. The molecule has 19 rings (SSSR count). The van der Waals surface area contributed by atoms with Crippen LogP contribution >= 0.6 is 0 Å². The third kappa shape index (κ3) is 11.6. The molecular weight excluding hydrogens is 1750 g/mol. The maximum absolute atomic E-state index is 7.55. The number of rotatable bonds is 6. The molecule has 0 amide bonds. The van der Waals surface area contributed by atoms with Gasteiger partial charge in [0.1, 0.15) is 11.6 Å². The fourth-order valence-electron chi connectivity index (χ4n) is 13.9. The molecule has 6 aliphatic heterocycles. The van der Waals surface area contributed by atoms with E-state index in [9.17, 15) is 0 Å². The Morgan fingerprint density at radius 3 is 1.07 bits per heavy atom. The molecular formula is C81H62N15Os3-9. The van der Waals surface area contributed by atoms with Crippen LogP contribution in [0.25, 0.3) is 47.9 Å². The standard InChI is InChI=1S/2C30H23N4.C21H16N7.3Os/c1-31-19-33(27-16-5-10-21-8-3-14-25(31)29(21)27)23-12-7-13-24(18-23)34-20-32(2)26-15-4-9-22-11-6-17-28(34)30(22)26;1-31-19-33(28-13-6-5-12-27(28)31)25-10-7-11-26(18-25)34-20-32(2)29-16-23-14-21-8-3-4-9-22(21)15-24(23)17-30(29)34;1-22-15-10-16(27-13-25(2)18-6-4-8-23-20(18)27)12-17(11-15)28-14-26(3)19-7-5-9-24-21(19)28;;;/h2*3-17,19-20H,1-2H3;4-11,13-14H,2-3H3;;;/q3*-3;;;. The molecule has 0 unspecified atom stereocenters. The summed E-state index contributed by atoms with van der Waals surface area (Å²) in [6.07, 6.45) is 3.53. The predicted molar refractivity (Wildman–Crippen MR) is 395 cm³/mol. The molecule has 15 nitrogen and oxygen atoms in total. The van der Waals surface area contributed by atoms with E-state index in [1.165, 1.54) is 88.6 Å². The molecule has 0 atom stereocenters. The molecule has 8 heterocycles. The third-order valence-electron chi connectivity index (χ3n) is 18.5. The van der Waals surface area contributed by atoms with E-state index in [2.05, 4.69) is 309 Å². The molecule has 0 aliphatic carbocycles. The van der Waals surface area contributed by atoms with Gasteiger partial charge < -0.3 is 58.8 Å². The summed E-state index contributed by atoms with van der Waals surface area (Å²) in [5.74, 6) is 1.63. The van der Waals surface area contributed by atoms with E-state index in [1.54, 1.807) is 12.4 Å². The number of hydrogen-bond acceptors (Lipinski definition) is 14. The van der Waals surface area contributed by atoms with E-state index in [1.807, 2.05) is 83.4 Å². The van der Waals surface area contributed by atoms with E-state index < -0.39 is 0 Å². The zero-order valence-electron chi connectivity index (χ0n) is 54.7. The second-order valence-electron chi connectivity index (χ2n) is 24.5. The number of benzene rings is 11. The summed E-state index contributed by atoms with van der Waals surface area (Å²) >= 11 is 0. The molecule has 0 N–H and O–H groups in total. The fraction of sp³-hybridized carbons (Fsp3) is 0.0741. The molecule has 0 saturated heterocycles. The number of anilines is 18. The van der Waals surface area contributed by atoms with Crippen LogP contribution in [0.2, 0.25) is 0 Å². The van der Waals surface area contributed by atoms with Gasteiger partial charge in [-0.3, -0.25) is 4.85 Å². The van der Waals surface area contributed by atoms with E-state index in [-0.39, 0.29) is 59.4 Å². The predicted octanol–water partition coefficient (Wildman–Crippen LogP) is 18.6. The van der Waals surface area contributed by atoms with Gasteiger partial charge >= 0.3 is 0 Å². The van der Waals surface area contributed by atoms with Gasteiger partial charge in [-0.05, 0) is 160 Å². The third-order valence-corrected chi connectivity index (χ3v) is 18.5. The zero-order chi connectivity index (χ0) is 64.9. The van der Waals surface area contributed by atoms with Crippen LogP contribution in [0.5, 0.6) is 0 Å². The molecule has 6 aliphatic rings. The summed E-state index contributed by atoms with van der Waals surface area (Å²) < 4.78 is 0. The minimum Gasteiger partial charge on any atom is -0.505 e. The summed E-state index contributed by atoms with van der Waals surface area (Å²) in [5, 5.41) is 10.0. The quantitative estimate of drug-likeness (QED) is 0.117. The van der Waals surface area contributed by atoms with Gasteiger partial charge in [-0.15, -0.1) is 88.7 Å². The van der Waals surface area contributed by atoms with Gasteiger partial charge in [-0.2, -0.15) is 52.1 Å². The topological polar surface area (TPSA) is 69.0 Å². The fourth-order valence-corrected chi connectivity index (χ4v) is 13.9. The van der Waals surface area contributed by atoms with Crippen LogP contribution in [0.1, 0.15) is 0 Å². The maximum atomic E-state index is 7.55. The van der Waals surface area contributed by atoms with Crippen molar-refractivity contribution >= 4 is 151 Å². The van der Waals surface area contributed by atoms with Gasteiger partial charge in [0.15, 0.2) is 0 Å². The van der Waals surface area contributed by atoms with Crippen LogP contribution < -0.4 is 58.8 Å². The van der Waals surface area contributed by atoms with E-state index in [0.29, 0.717) is 5.69 Å². The molecule has 0 radical (unpaired) electrons. The monoisotopic (exact) mass is 1820 g/mol. The van der Waals surface area contributed by atoms with Crippen molar-refractivity contribution in [2.75, 3.05) is 101 Å². The first kappa shape index (κ1) is 66.0. The SMILES string of the molecule is CN1[CH-]N(c2[c-]c(N3[CH-]N(C)c4cc5cc6ccccc6cc5cc43)ccc2)c2ccccc21.CN1[CH-]N(c2[c-]c(N3[CH-]N(C)c4cccc5cccc3c45)ccc2)c2cccc3cccc1c23.[C-]#[N+]c1cc(N2[CH-]N(C)c3cccnc32)[c-]c(N2[CH-]N(C)c3cccnc32)c1.[Os].[Os].[Os]. The summed E-state index contributed by atoms with van der Waals surface area (Å²) in [5.41, 5.74) is 17.6. The first-order valence-electron chi connectivity index (χ1n) is 31.7. The molecule has 11 aromatic carbocycles. The first-order chi connectivity index (χ1) is 47.0. The van der Waals surface area contributed by atoms with Crippen molar-refractivity contribution in [3.63, 3.8) is 0 Å². The van der Waals surface area contributed by atoms with Crippen LogP contribution in [0.15, 0.2) is 231 Å². The van der Waals surface area contributed by atoms with Gasteiger partial charge in [-0.1, -0.05) is 84.9 Å². The summed E-state index contributed by atoms with van der Waals surface area (Å²) in [6, 6.07) is 87.1. The molecule has 0 fully saturated rings. The second-order valence-corrected chi connectivity index (χ2v) is 24.5. The van der Waals surface area contributed by atoms with Crippen LogP contribution in [-0.4, -0.2) is 52.3 Å². The van der Waals surface area contributed by atoms with Crippen molar-refractivity contribution in [3.8, 4) is 0 Å². The van der Waals surface area contributed by atoms with Crippen LogP contribution in [0, 0.1) is 64.8 Å². The summed E-state index contributed by atoms with van der Waals surface area (Å²) in [4.78, 5) is 38.2. The van der Waals surface area contributed by atoms with Crippen LogP contribution in [-0.2, 0) is 59.4 Å². The Kier molecular flexibility index (Phi) is 17.9. The Morgan fingerprint density at radius 2 is 0.606 bits per heavy atom. The van der Waals surface area contributed by atoms with E-state index >= 15 is 0 Å². The van der Waals surface area contributed by atoms with Crippen molar-refractivity contribution < 1.29 is 59.4 Å². The molecule has 0 bridgehead atoms. The molecule has 494 valence electrons. The average Bonchev–Trinajstić information content (AvgIpc) is 1.65. The Labute approximate surface area is 617 Å². The number of para-hydroxylation sites is 2. The Hall–Kier alpha value is -10.2. The molecule has 0 saturated carbocycles. The van der Waals surface area contributed by atoms with Crippen molar-refractivity contribution in [1.29, 1.82) is 0 Å². The van der Waals surface area contributed by atoms with Gasteiger partial charge in [0, 0.05) is 139 Å². The van der Waals surface area contributed by atoms with Crippen molar-refractivity contribution in [2.45, 2.75) is 0 Å². The van der Waals surface area contributed by atoms with Crippen molar-refractivity contribution in [1.82, 2.24) is 9.97 Å². The maximum Gasteiger partial charge on any atom is 0.124 e. The minimum absolute atomic E-state index is 0. The molecule has 2 aromatic heterocycles. The Bertz CT molecular complexity index is 5090. The molecule has 99 heavy (non-hydrogen) atoms. The minimum atomic E-state index is 0. The van der Waals surface area contributed by atoms with Crippen molar-refractivity contribution in [2.24, 2.45) is 0 Å². The second kappa shape index (κ2) is 26.9. The van der Waals surface area contributed by atoms with Crippen molar-refractivity contribution in [3.05, 3.63) is 300 Å². The molecule has 18 heteroatoms. The van der Waals surface area contributed by atoms with E-state index in [4.69, 9.17) is 6.57 Å². The average molecular weight is 1820 g/mol. The van der Waals surface area contributed by atoms with Gasteiger partial charge in [0.25, 0.3) is 0 Å². The van der Waals surface area contributed by atoms with Crippen LogP contribution in [0.3, 0.4) is 0 Å². The van der Waals surface area contributed by atoms with Gasteiger partial charge in [-0.25, -0.2) is 9.97 Å². The largest absolute Gasteiger partial charge is 0.505 e. The zero-order valence-corrected chi connectivity index (χ0v) is 62.3. The van der Waals surface area contributed by atoms with Gasteiger partial charge in [0.2, 0.25) is 0 Å². The Morgan fingerprint density at radius 1 is 0.283 bits per heavy atom. The first-order valence-corrected chi connectivity index (χ1v) is 31.7. The molecule has 13 aromatic rings. The molecule has 0 spiro atoms.